The Bertz CT molecular complexity index is 1250. The average molecular weight is 527 g/mol. The molecule has 2 aliphatic rings. The number of hydrogen-bond acceptors (Lipinski definition) is 5. The molecule has 1 amide bonds. The average Bonchev–Trinajstić information content (AvgIpc) is 3.44. The van der Waals surface area contributed by atoms with Gasteiger partial charge in [0, 0.05) is 0 Å². The van der Waals surface area contributed by atoms with E-state index in [-0.39, 0.29) is 29.4 Å². The number of halogens is 4. The molecule has 0 spiro atoms. The van der Waals surface area contributed by atoms with E-state index in [9.17, 15) is 31.6 Å². The van der Waals surface area contributed by atoms with Crippen LogP contribution in [-0.4, -0.2) is 31.2 Å². The second kappa shape index (κ2) is 9.45. The van der Waals surface area contributed by atoms with Gasteiger partial charge >= 0.3 is 6.18 Å². The van der Waals surface area contributed by atoms with Crippen molar-refractivity contribution in [1.29, 1.82) is 5.26 Å². The van der Waals surface area contributed by atoms with Crippen LogP contribution in [0, 0.1) is 17.2 Å². The first kappa shape index (κ1) is 25.5. The first-order valence-corrected chi connectivity index (χ1v) is 12.9. The summed E-state index contributed by atoms with van der Waals surface area (Å²) in [5.41, 5.74) is -1.28. The molecule has 0 aromatic heterocycles. The van der Waals surface area contributed by atoms with Gasteiger partial charge in [0.1, 0.15) is 5.54 Å². The number of benzene rings is 2. The van der Waals surface area contributed by atoms with Crippen molar-refractivity contribution in [1.82, 2.24) is 5.32 Å². The van der Waals surface area contributed by atoms with Crippen LogP contribution in [0.2, 0.25) is 5.02 Å². The van der Waals surface area contributed by atoms with Crippen molar-refractivity contribution < 1.29 is 31.1 Å². The fraction of sp³-hybridized carbons (Fsp3) is 0.417. The van der Waals surface area contributed by atoms with Gasteiger partial charge < -0.3 is 10.1 Å². The third-order valence-electron chi connectivity index (χ3n) is 6.45. The Morgan fingerprint density at radius 1 is 1.14 bits per heavy atom. The van der Waals surface area contributed by atoms with E-state index in [1.807, 2.05) is 0 Å². The van der Waals surface area contributed by atoms with E-state index in [1.54, 1.807) is 12.1 Å². The molecular formula is C24H22ClF3N2O4S. The molecule has 6 nitrogen and oxygen atoms in total. The SMILES string of the molecule is N#CC1(NC(=O)[C@@H]2C[C@@H](S(=O)(=O)c3ccccc3Cl)C[C@H]2OCc2ccc(C(F)(F)F)cc2)CC1. The maximum atomic E-state index is 13.3. The molecular weight excluding hydrogens is 505 g/mol. The van der Waals surface area contributed by atoms with E-state index < -0.39 is 50.3 Å². The maximum Gasteiger partial charge on any atom is 0.416 e. The molecule has 0 heterocycles. The highest BCUT2D eigenvalue weighted by atomic mass is 35.5. The number of nitrogens with one attached hydrogen (secondary N) is 1. The summed E-state index contributed by atoms with van der Waals surface area (Å²) in [6.45, 7) is -0.102. The van der Waals surface area contributed by atoms with Gasteiger partial charge in [0.25, 0.3) is 0 Å². The number of hydrogen-bond donors (Lipinski definition) is 1. The van der Waals surface area contributed by atoms with Crippen LogP contribution in [0.3, 0.4) is 0 Å². The highest BCUT2D eigenvalue weighted by Crippen LogP contribution is 2.40. The predicted octanol–water partition coefficient (Wildman–Crippen LogP) is 4.67. The second-order valence-corrected chi connectivity index (χ2v) is 11.5. The van der Waals surface area contributed by atoms with E-state index in [0.717, 1.165) is 12.1 Å². The zero-order valence-corrected chi connectivity index (χ0v) is 20.0. The van der Waals surface area contributed by atoms with Crippen molar-refractivity contribution in [2.75, 3.05) is 0 Å². The lowest BCUT2D eigenvalue weighted by Gasteiger charge is -2.21. The first-order chi connectivity index (χ1) is 16.4. The van der Waals surface area contributed by atoms with Crippen LogP contribution in [0.4, 0.5) is 13.2 Å². The number of ether oxygens (including phenoxy) is 1. The molecule has 4 rings (SSSR count). The van der Waals surface area contributed by atoms with Gasteiger partial charge in [-0.2, -0.15) is 18.4 Å². The summed E-state index contributed by atoms with van der Waals surface area (Å²) < 4.78 is 70.9. The minimum atomic E-state index is -4.46. The highest BCUT2D eigenvalue weighted by Gasteiger charge is 2.50. The lowest BCUT2D eigenvalue weighted by Crippen LogP contribution is -2.42. The molecule has 35 heavy (non-hydrogen) atoms. The molecule has 3 atom stereocenters. The van der Waals surface area contributed by atoms with E-state index >= 15 is 0 Å². The summed E-state index contributed by atoms with van der Waals surface area (Å²) in [6, 6.07) is 12.5. The van der Waals surface area contributed by atoms with Gasteiger partial charge in [-0.05, 0) is 55.5 Å². The Kier molecular flexibility index (Phi) is 6.88. The van der Waals surface area contributed by atoms with Crippen molar-refractivity contribution in [3.63, 3.8) is 0 Å². The van der Waals surface area contributed by atoms with Crippen LogP contribution in [0.15, 0.2) is 53.4 Å². The lowest BCUT2D eigenvalue weighted by atomic mass is 10.0. The number of alkyl halides is 3. The molecule has 0 bridgehead atoms. The molecule has 2 aliphatic carbocycles. The van der Waals surface area contributed by atoms with Gasteiger partial charge in [0.15, 0.2) is 9.84 Å². The Morgan fingerprint density at radius 3 is 2.37 bits per heavy atom. The molecule has 2 aromatic carbocycles. The van der Waals surface area contributed by atoms with Gasteiger partial charge in [-0.3, -0.25) is 4.79 Å². The molecule has 0 aliphatic heterocycles. The normalized spacial score (nSPS) is 23.5. The lowest BCUT2D eigenvalue weighted by molar-refractivity contribution is -0.137. The summed E-state index contributed by atoms with van der Waals surface area (Å²) in [5.74, 6) is -1.32. The summed E-state index contributed by atoms with van der Waals surface area (Å²) >= 11 is 6.12. The van der Waals surface area contributed by atoms with E-state index in [0.29, 0.717) is 18.4 Å². The van der Waals surface area contributed by atoms with Crippen LogP contribution in [0.25, 0.3) is 0 Å². The summed E-state index contributed by atoms with van der Waals surface area (Å²) in [4.78, 5) is 13.0. The van der Waals surface area contributed by atoms with Crippen molar-refractivity contribution >= 4 is 27.3 Å². The monoisotopic (exact) mass is 526 g/mol. The van der Waals surface area contributed by atoms with Crippen LogP contribution in [0.1, 0.15) is 36.8 Å². The van der Waals surface area contributed by atoms with Gasteiger partial charge in [-0.1, -0.05) is 35.9 Å². The van der Waals surface area contributed by atoms with Gasteiger partial charge in [-0.25, -0.2) is 8.42 Å². The van der Waals surface area contributed by atoms with Gasteiger partial charge in [0.2, 0.25) is 5.91 Å². The fourth-order valence-corrected chi connectivity index (χ4v) is 6.56. The van der Waals surface area contributed by atoms with Crippen molar-refractivity contribution in [2.45, 2.75) is 60.3 Å². The van der Waals surface area contributed by atoms with Crippen molar-refractivity contribution in [2.24, 2.45) is 5.92 Å². The number of carbonyl (C=O) groups is 1. The van der Waals surface area contributed by atoms with Crippen molar-refractivity contribution in [3.05, 3.63) is 64.7 Å². The van der Waals surface area contributed by atoms with E-state index in [1.165, 1.54) is 24.3 Å². The molecule has 0 radical (unpaired) electrons. The van der Waals surface area contributed by atoms with Crippen LogP contribution < -0.4 is 5.32 Å². The molecule has 186 valence electrons. The summed E-state index contributed by atoms with van der Waals surface area (Å²) in [5, 5.41) is 11.2. The summed E-state index contributed by atoms with van der Waals surface area (Å²) in [7, 11) is -3.89. The molecule has 11 heteroatoms. The maximum absolute atomic E-state index is 13.3. The molecule has 2 fully saturated rings. The van der Waals surface area contributed by atoms with Gasteiger partial charge in [0.05, 0.1) is 45.4 Å². The number of amides is 1. The molecule has 0 unspecified atom stereocenters. The van der Waals surface area contributed by atoms with E-state index in [4.69, 9.17) is 16.3 Å². The van der Waals surface area contributed by atoms with Gasteiger partial charge in [-0.15, -0.1) is 0 Å². The van der Waals surface area contributed by atoms with Crippen LogP contribution >= 0.6 is 11.6 Å². The number of sulfone groups is 1. The minimum Gasteiger partial charge on any atom is -0.373 e. The Morgan fingerprint density at radius 2 is 1.80 bits per heavy atom. The third kappa shape index (κ3) is 5.47. The largest absolute Gasteiger partial charge is 0.416 e. The quantitative estimate of drug-likeness (QED) is 0.565. The Labute approximate surface area is 205 Å². The Hall–Kier alpha value is -2.61. The topological polar surface area (TPSA) is 96.3 Å². The standard InChI is InChI=1S/C24H22ClF3N2O4S/c25-19-3-1-2-4-21(19)35(32,33)17-11-18(22(31)30-23(14-29)9-10-23)20(12-17)34-13-15-5-7-16(8-6-15)24(26,27)28/h1-8,17-18,20H,9-13H2,(H,30,31)/t17-,18-,20-/m1/s1. The van der Waals surface area contributed by atoms with E-state index in [2.05, 4.69) is 11.4 Å². The molecule has 1 N–H and O–H groups in total. The number of nitriles is 1. The third-order valence-corrected chi connectivity index (χ3v) is 9.12. The number of rotatable bonds is 7. The number of carbonyl (C=O) groups excluding carboxylic acids is 1. The fourth-order valence-electron chi connectivity index (χ4n) is 4.23. The summed E-state index contributed by atoms with van der Waals surface area (Å²) in [6.07, 6.45) is -4.27. The van der Waals surface area contributed by atoms with Crippen molar-refractivity contribution in [3.8, 4) is 6.07 Å². The zero-order chi connectivity index (χ0) is 25.4. The van der Waals surface area contributed by atoms with Crippen LogP contribution in [-0.2, 0) is 32.2 Å². The molecule has 2 aromatic rings. The number of nitrogens with zero attached hydrogens (tertiary/aromatic N) is 1. The molecule has 2 saturated carbocycles. The van der Waals surface area contributed by atoms with Crippen LogP contribution in [0.5, 0.6) is 0 Å². The minimum absolute atomic E-state index is 0.00579. The Balaban J connectivity index is 1.53. The zero-order valence-electron chi connectivity index (χ0n) is 18.4. The smallest absolute Gasteiger partial charge is 0.373 e. The second-order valence-electron chi connectivity index (χ2n) is 8.90. The predicted molar refractivity (Wildman–Crippen MR) is 121 cm³/mol. The first-order valence-electron chi connectivity index (χ1n) is 10.9. The highest BCUT2D eigenvalue weighted by molar-refractivity contribution is 7.92. The molecule has 0 saturated heterocycles.